The second-order valence-corrected chi connectivity index (χ2v) is 6.41. The van der Waals surface area contributed by atoms with Crippen LogP contribution in [0.25, 0.3) is 0 Å². The van der Waals surface area contributed by atoms with Crippen molar-refractivity contribution >= 4 is 22.4 Å². The summed E-state index contributed by atoms with van der Waals surface area (Å²) < 4.78 is 63.5. The first kappa shape index (κ1) is 21.2. The number of alkyl halides is 3. The maximum absolute atomic E-state index is 12.5. The molecular weight excluding hydrogens is 341 g/mol. The fourth-order valence-corrected chi connectivity index (χ4v) is 2.84. The van der Waals surface area contributed by atoms with E-state index < -0.39 is 27.5 Å². The number of hydrogen-bond donors (Lipinski definition) is 2. The molecule has 0 fully saturated rings. The fourth-order valence-electron chi connectivity index (χ4n) is 1.70. The van der Waals surface area contributed by atoms with E-state index >= 15 is 0 Å². The molecule has 0 amide bonds. The molecular formula is C13H20ClF3N2O2S. The highest BCUT2D eigenvalue weighted by Gasteiger charge is 2.30. The molecule has 0 unspecified atom stereocenters. The van der Waals surface area contributed by atoms with Gasteiger partial charge in [-0.1, -0.05) is 25.1 Å². The zero-order chi connectivity index (χ0) is 15.9. The summed E-state index contributed by atoms with van der Waals surface area (Å²) in [5, 5.41) is 3.02. The Morgan fingerprint density at radius 1 is 1.14 bits per heavy atom. The minimum atomic E-state index is -4.47. The molecule has 4 nitrogen and oxygen atoms in total. The van der Waals surface area contributed by atoms with Gasteiger partial charge in [0.05, 0.1) is 11.3 Å². The average molecular weight is 361 g/mol. The molecule has 22 heavy (non-hydrogen) atoms. The topological polar surface area (TPSA) is 58.2 Å². The molecule has 0 spiro atoms. The van der Waals surface area contributed by atoms with Crippen LogP contribution >= 0.6 is 12.4 Å². The van der Waals surface area contributed by atoms with E-state index in [4.69, 9.17) is 0 Å². The molecule has 0 heterocycles. The third-order valence-corrected chi connectivity index (χ3v) is 4.02. The lowest BCUT2D eigenvalue weighted by molar-refractivity contribution is -0.137. The quantitative estimate of drug-likeness (QED) is 0.700. The van der Waals surface area contributed by atoms with Crippen molar-refractivity contribution in [3.05, 3.63) is 35.4 Å². The first-order chi connectivity index (χ1) is 9.74. The molecule has 0 saturated carbocycles. The summed E-state index contributed by atoms with van der Waals surface area (Å²) in [6.07, 6.45) is -3.53. The number of benzene rings is 1. The summed E-state index contributed by atoms with van der Waals surface area (Å²) in [5.74, 6) is -0.468. The van der Waals surface area contributed by atoms with Crippen LogP contribution in [0.1, 0.15) is 24.5 Å². The second-order valence-electron chi connectivity index (χ2n) is 4.60. The van der Waals surface area contributed by atoms with Gasteiger partial charge in [-0.05, 0) is 24.6 Å². The van der Waals surface area contributed by atoms with Gasteiger partial charge in [0.15, 0.2) is 0 Å². The van der Waals surface area contributed by atoms with Crippen LogP contribution in [0.4, 0.5) is 13.2 Å². The molecule has 0 aliphatic heterocycles. The van der Waals surface area contributed by atoms with Crippen LogP contribution in [0, 0.1) is 0 Å². The van der Waals surface area contributed by atoms with Crippen molar-refractivity contribution in [3.8, 4) is 0 Å². The Morgan fingerprint density at radius 2 is 1.82 bits per heavy atom. The van der Waals surface area contributed by atoms with E-state index in [0.29, 0.717) is 6.54 Å². The summed E-state index contributed by atoms with van der Waals surface area (Å²) >= 11 is 0. The van der Waals surface area contributed by atoms with E-state index in [2.05, 4.69) is 10.0 Å². The van der Waals surface area contributed by atoms with Crippen molar-refractivity contribution in [1.29, 1.82) is 0 Å². The Morgan fingerprint density at radius 3 is 2.41 bits per heavy atom. The van der Waals surface area contributed by atoms with E-state index in [-0.39, 0.29) is 24.5 Å². The smallest absolute Gasteiger partial charge is 0.315 e. The van der Waals surface area contributed by atoms with Gasteiger partial charge in [0.2, 0.25) is 10.0 Å². The van der Waals surface area contributed by atoms with Crippen molar-refractivity contribution in [2.45, 2.75) is 25.3 Å². The van der Waals surface area contributed by atoms with Crippen molar-refractivity contribution in [2.75, 3.05) is 19.6 Å². The van der Waals surface area contributed by atoms with Gasteiger partial charge in [0, 0.05) is 13.1 Å². The summed E-state index contributed by atoms with van der Waals surface area (Å²) in [6.45, 7) is 3.47. The summed E-state index contributed by atoms with van der Waals surface area (Å²) in [7, 11) is -3.64. The molecule has 0 bridgehead atoms. The average Bonchev–Trinajstić information content (AvgIpc) is 2.37. The van der Waals surface area contributed by atoms with Crippen LogP contribution < -0.4 is 10.0 Å². The minimum absolute atomic E-state index is 0. The normalized spacial score (nSPS) is 12.0. The molecule has 2 N–H and O–H groups in total. The standard InChI is InChI=1S/C13H19F3N2O2S.ClH/c1-2-6-17-7-8-18-21(19,20)10-11-4-3-5-12(9-11)13(14,15)16;/h3-5,9,17-18H,2,6-8,10H2,1H3;1H. The van der Waals surface area contributed by atoms with Gasteiger partial charge in [0.25, 0.3) is 0 Å². The largest absolute Gasteiger partial charge is 0.416 e. The van der Waals surface area contributed by atoms with Crippen molar-refractivity contribution in [3.63, 3.8) is 0 Å². The SMILES string of the molecule is CCCNCCNS(=O)(=O)Cc1cccc(C(F)(F)F)c1.Cl. The van der Waals surface area contributed by atoms with Crippen LogP contribution in [0.5, 0.6) is 0 Å². The zero-order valence-corrected chi connectivity index (χ0v) is 13.7. The van der Waals surface area contributed by atoms with Gasteiger partial charge in [-0.15, -0.1) is 12.4 Å². The molecule has 0 aliphatic carbocycles. The van der Waals surface area contributed by atoms with E-state index in [1.807, 2.05) is 6.92 Å². The number of nitrogens with one attached hydrogen (secondary N) is 2. The molecule has 0 atom stereocenters. The zero-order valence-electron chi connectivity index (χ0n) is 12.1. The van der Waals surface area contributed by atoms with Gasteiger partial charge in [-0.2, -0.15) is 13.2 Å². The predicted molar refractivity (Wildman–Crippen MR) is 82.5 cm³/mol. The number of halogens is 4. The summed E-state index contributed by atoms with van der Waals surface area (Å²) in [6, 6.07) is 4.34. The van der Waals surface area contributed by atoms with Crippen LogP contribution in [0.15, 0.2) is 24.3 Å². The van der Waals surface area contributed by atoms with Crippen molar-refractivity contribution < 1.29 is 21.6 Å². The first-order valence-electron chi connectivity index (χ1n) is 6.59. The van der Waals surface area contributed by atoms with E-state index in [1.165, 1.54) is 12.1 Å². The van der Waals surface area contributed by atoms with E-state index in [9.17, 15) is 21.6 Å². The number of sulfonamides is 1. The van der Waals surface area contributed by atoms with Gasteiger partial charge in [-0.25, -0.2) is 13.1 Å². The second kappa shape index (κ2) is 9.34. The highest BCUT2D eigenvalue weighted by atomic mass is 35.5. The molecule has 9 heteroatoms. The lowest BCUT2D eigenvalue weighted by Crippen LogP contribution is -2.32. The summed E-state index contributed by atoms with van der Waals surface area (Å²) in [4.78, 5) is 0. The molecule has 0 radical (unpaired) electrons. The Labute approximate surface area is 134 Å². The van der Waals surface area contributed by atoms with Crippen LogP contribution in [-0.4, -0.2) is 28.1 Å². The molecule has 1 aromatic carbocycles. The van der Waals surface area contributed by atoms with Gasteiger partial charge < -0.3 is 5.32 Å². The Balaban J connectivity index is 0.00000441. The monoisotopic (exact) mass is 360 g/mol. The Hall–Kier alpha value is -0.830. The predicted octanol–water partition coefficient (Wildman–Crippen LogP) is 2.55. The molecule has 128 valence electrons. The fraction of sp³-hybridized carbons (Fsp3) is 0.538. The lowest BCUT2D eigenvalue weighted by atomic mass is 10.1. The highest BCUT2D eigenvalue weighted by Crippen LogP contribution is 2.29. The van der Waals surface area contributed by atoms with Gasteiger partial charge in [0.1, 0.15) is 0 Å². The van der Waals surface area contributed by atoms with E-state index in [0.717, 1.165) is 25.1 Å². The Bertz CT molecular complexity index is 550. The summed E-state index contributed by atoms with van der Waals surface area (Å²) in [5.41, 5.74) is -0.737. The van der Waals surface area contributed by atoms with Crippen molar-refractivity contribution in [2.24, 2.45) is 0 Å². The molecule has 0 aromatic heterocycles. The van der Waals surface area contributed by atoms with Gasteiger partial charge in [-0.3, -0.25) is 0 Å². The maximum atomic E-state index is 12.5. The third-order valence-electron chi connectivity index (χ3n) is 2.66. The third kappa shape index (κ3) is 7.98. The molecule has 1 aromatic rings. The number of rotatable bonds is 8. The Kier molecular flexibility index (Phi) is 8.99. The molecule has 0 saturated heterocycles. The number of hydrogen-bond acceptors (Lipinski definition) is 3. The van der Waals surface area contributed by atoms with Crippen LogP contribution in [0.2, 0.25) is 0 Å². The van der Waals surface area contributed by atoms with Crippen LogP contribution in [-0.2, 0) is 22.0 Å². The van der Waals surface area contributed by atoms with Gasteiger partial charge >= 0.3 is 6.18 Å². The highest BCUT2D eigenvalue weighted by molar-refractivity contribution is 7.88. The molecule has 0 aliphatic rings. The molecule has 1 rings (SSSR count). The van der Waals surface area contributed by atoms with Crippen molar-refractivity contribution in [1.82, 2.24) is 10.0 Å². The van der Waals surface area contributed by atoms with E-state index in [1.54, 1.807) is 0 Å². The lowest BCUT2D eigenvalue weighted by Gasteiger charge is -2.10. The minimum Gasteiger partial charge on any atom is -0.315 e. The first-order valence-corrected chi connectivity index (χ1v) is 8.24. The van der Waals surface area contributed by atoms with Crippen LogP contribution in [0.3, 0.4) is 0 Å². The maximum Gasteiger partial charge on any atom is 0.416 e.